The second-order valence-corrected chi connectivity index (χ2v) is 5.78. The van der Waals surface area contributed by atoms with Crippen LogP contribution in [0.4, 0.5) is 0 Å². The van der Waals surface area contributed by atoms with Gasteiger partial charge >= 0.3 is 0 Å². The van der Waals surface area contributed by atoms with Gasteiger partial charge in [0.15, 0.2) is 0 Å². The average Bonchev–Trinajstić information content (AvgIpc) is 2.48. The van der Waals surface area contributed by atoms with Gasteiger partial charge in [-0.25, -0.2) is 0 Å². The van der Waals surface area contributed by atoms with E-state index in [1.165, 1.54) is 62.5 Å². The van der Waals surface area contributed by atoms with Gasteiger partial charge < -0.3 is 0 Å². The van der Waals surface area contributed by atoms with Crippen molar-refractivity contribution in [1.29, 1.82) is 0 Å². The van der Waals surface area contributed by atoms with E-state index in [4.69, 9.17) is 11.6 Å². The first-order chi connectivity index (χ1) is 9.88. The molecule has 0 radical (unpaired) electrons. The molecule has 0 fully saturated rings. The van der Waals surface area contributed by atoms with E-state index in [0.717, 1.165) is 6.42 Å². The van der Waals surface area contributed by atoms with E-state index < -0.39 is 0 Å². The molecule has 1 rings (SSSR count). The van der Waals surface area contributed by atoms with Crippen LogP contribution in [0.1, 0.15) is 63.0 Å². The normalized spacial score (nSPS) is 11.3. The number of hydrogen-bond acceptors (Lipinski definition) is 0. The number of alkyl halides is 1. The van der Waals surface area contributed by atoms with E-state index in [9.17, 15) is 0 Å². The summed E-state index contributed by atoms with van der Waals surface area (Å²) in [6.07, 6.45) is 16.1. The molecule has 0 aliphatic rings. The zero-order valence-corrected chi connectivity index (χ0v) is 13.7. The maximum absolute atomic E-state index is 5.68. The fourth-order valence-corrected chi connectivity index (χ4v) is 2.67. The highest BCUT2D eigenvalue weighted by Crippen LogP contribution is 2.15. The Morgan fingerprint density at radius 2 is 1.50 bits per heavy atom. The molecule has 0 aliphatic carbocycles. The molecule has 0 spiro atoms. The monoisotopic (exact) mass is 292 g/mol. The molecule has 112 valence electrons. The van der Waals surface area contributed by atoms with Crippen LogP contribution in [-0.4, -0.2) is 5.88 Å². The van der Waals surface area contributed by atoms with Crippen LogP contribution in [0.15, 0.2) is 36.4 Å². The molecule has 0 saturated heterocycles. The molecule has 1 aromatic carbocycles. The molecular weight excluding hydrogens is 264 g/mol. The Hall–Kier alpha value is -0.750. The minimum atomic E-state index is 0.611. The number of halogens is 1. The minimum Gasteiger partial charge on any atom is -0.122 e. The third-order valence-corrected chi connectivity index (χ3v) is 3.94. The van der Waals surface area contributed by atoms with Crippen molar-refractivity contribution in [1.82, 2.24) is 0 Å². The van der Waals surface area contributed by atoms with Crippen LogP contribution in [0.2, 0.25) is 0 Å². The third-order valence-electron chi connectivity index (χ3n) is 3.76. The van der Waals surface area contributed by atoms with Crippen LogP contribution in [0, 0.1) is 0 Å². The van der Waals surface area contributed by atoms with Crippen molar-refractivity contribution in [2.45, 2.75) is 64.7 Å². The van der Waals surface area contributed by atoms with Gasteiger partial charge in [0.1, 0.15) is 0 Å². The lowest BCUT2D eigenvalue weighted by molar-refractivity contribution is 0.589. The van der Waals surface area contributed by atoms with E-state index in [1.54, 1.807) is 0 Å². The lowest BCUT2D eigenvalue weighted by Crippen LogP contribution is -1.93. The Labute approximate surface area is 130 Å². The third kappa shape index (κ3) is 7.75. The minimum absolute atomic E-state index is 0.611. The summed E-state index contributed by atoms with van der Waals surface area (Å²) in [5, 5.41) is 0. The van der Waals surface area contributed by atoms with E-state index >= 15 is 0 Å². The first-order valence-corrected chi connectivity index (χ1v) is 8.69. The summed E-state index contributed by atoms with van der Waals surface area (Å²) in [6.45, 7) is 2.27. The van der Waals surface area contributed by atoms with Gasteiger partial charge in [0.2, 0.25) is 0 Å². The van der Waals surface area contributed by atoms with Gasteiger partial charge in [-0.3, -0.25) is 0 Å². The number of benzene rings is 1. The lowest BCUT2D eigenvalue weighted by atomic mass is 9.98. The molecule has 0 aliphatic heterocycles. The van der Waals surface area contributed by atoms with Gasteiger partial charge in [-0.05, 0) is 30.4 Å². The quantitative estimate of drug-likeness (QED) is 0.254. The SMILES string of the molecule is CCCCCCCCCc1ccccc1CC=CCCl. The molecule has 0 saturated carbocycles. The van der Waals surface area contributed by atoms with E-state index in [2.05, 4.69) is 37.3 Å². The molecule has 0 atom stereocenters. The van der Waals surface area contributed by atoms with Crippen molar-refractivity contribution in [3.8, 4) is 0 Å². The highest BCUT2D eigenvalue weighted by atomic mass is 35.5. The molecule has 0 bridgehead atoms. The van der Waals surface area contributed by atoms with E-state index in [1.807, 2.05) is 6.08 Å². The van der Waals surface area contributed by atoms with Gasteiger partial charge in [0, 0.05) is 5.88 Å². The largest absolute Gasteiger partial charge is 0.122 e. The Bertz CT molecular complexity index is 368. The second kappa shape index (κ2) is 12.0. The van der Waals surface area contributed by atoms with Gasteiger partial charge in [-0.2, -0.15) is 0 Å². The van der Waals surface area contributed by atoms with Crippen LogP contribution in [-0.2, 0) is 12.8 Å². The van der Waals surface area contributed by atoms with Gasteiger partial charge in [0.05, 0.1) is 0 Å². The molecule has 0 unspecified atom stereocenters. The van der Waals surface area contributed by atoms with Gasteiger partial charge in [-0.1, -0.05) is 81.9 Å². The molecule has 1 heteroatoms. The predicted octanol–water partition coefficient (Wildman–Crippen LogP) is 6.32. The van der Waals surface area contributed by atoms with Crippen LogP contribution in [0.3, 0.4) is 0 Å². The fraction of sp³-hybridized carbons (Fsp3) is 0.579. The Morgan fingerprint density at radius 1 is 0.850 bits per heavy atom. The first kappa shape index (κ1) is 17.3. The summed E-state index contributed by atoms with van der Waals surface area (Å²) in [5.74, 6) is 0.611. The molecule has 20 heavy (non-hydrogen) atoms. The standard InChI is InChI=1S/C19H29Cl/c1-2-3-4-5-6-7-8-13-18-14-9-10-15-19(18)16-11-12-17-20/h9-12,14-15H,2-8,13,16-17H2,1H3. The number of rotatable bonds is 11. The molecule has 0 aromatic heterocycles. The molecule has 0 amide bonds. The summed E-state index contributed by atoms with van der Waals surface area (Å²) in [6, 6.07) is 8.82. The summed E-state index contributed by atoms with van der Waals surface area (Å²) >= 11 is 5.68. The number of hydrogen-bond donors (Lipinski definition) is 0. The smallest absolute Gasteiger partial charge is 0.0404 e. The summed E-state index contributed by atoms with van der Waals surface area (Å²) < 4.78 is 0. The van der Waals surface area contributed by atoms with E-state index in [-0.39, 0.29) is 0 Å². The summed E-state index contributed by atoms with van der Waals surface area (Å²) in [7, 11) is 0. The van der Waals surface area contributed by atoms with Gasteiger partial charge in [0.25, 0.3) is 0 Å². The van der Waals surface area contributed by atoms with Crippen molar-refractivity contribution in [3.63, 3.8) is 0 Å². The lowest BCUT2D eigenvalue weighted by Gasteiger charge is -2.07. The number of aryl methyl sites for hydroxylation is 1. The number of unbranched alkanes of at least 4 members (excludes halogenated alkanes) is 6. The highest BCUT2D eigenvalue weighted by Gasteiger charge is 2.00. The Morgan fingerprint density at radius 3 is 2.20 bits per heavy atom. The topological polar surface area (TPSA) is 0 Å². The van der Waals surface area contributed by atoms with Crippen LogP contribution in [0.5, 0.6) is 0 Å². The zero-order valence-electron chi connectivity index (χ0n) is 12.9. The molecular formula is C19H29Cl. The van der Waals surface area contributed by atoms with Crippen LogP contribution >= 0.6 is 11.6 Å². The average molecular weight is 293 g/mol. The molecule has 0 N–H and O–H groups in total. The summed E-state index contributed by atoms with van der Waals surface area (Å²) in [4.78, 5) is 0. The number of allylic oxidation sites excluding steroid dienone is 2. The van der Waals surface area contributed by atoms with Crippen LogP contribution in [0.25, 0.3) is 0 Å². The van der Waals surface area contributed by atoms with Crippen molar-refractivity contribution in [2.75, 3.05) is 5.88 Å². The second-order valence-electron chi connectivity index (χ2n) is 5.47. The van der Waals surface area contributed by atoms with Crippen molar-refractivity contribution < 1.29 is 0 Å². The van der Waals surface area contributed by atoms with Gasteiger partial charge in [-0.15, -0.1) is 11.6 Å². The Kier molecular flexibility index (Phi) is 10.4. The zero-order chi connectivity index (χ0) is 14.5. The molecule has 0 heterocycles. The van der Waals surface area contributed by atoms with Crippen molar-refractivity contribution in [2.24, 2.45) is 0 Å². The van der Waals surface area contributed by atoms with Crippen molar-refractivity contribution >= 4 is 11.6 Å². The molecule has 1 aromatic rings. The van der Waals surface area contributed by atoms with Crippen LogP contribution < -0.4 is 0 Å². The maximum atomic E-state index is 5.68. The highest BCUT2D eigenvalue weighted by molar-refractivity contribution is 6.18. The fourth-order valence-electron chi connectivity index (χ4n) is 2.55. The Balaban J connectivity index is 2.27. The first-order valence-electron chi connectivity index (χ1n) is 8.16. The predicted molar refractivity (Wildman–Crippen MR) is 91.7 cm³/mol. The summed E-state index contributed by atoms with van der Waals surface area (Å²) in [5.41, 5.74) is 2.97. The molecule has 0 nitrogen and oxygen atoms in total. The van der Waals surface area contributed by atoms with E-state index in [0.29, 0.717) is 5.88 Å². The maximum Gasteiger partial charge on any atom is 0.0404 e. The van der Waals surface area contributed by atoms with Crippen molar-refractivity contribution in [3.05, 3.63) is 47.5 Å².